The molecular weight excluding hydrogens is 150 g/mol. The Morgan fingerprint density at radius 2 is 2.00 bits per heavy atom. The van der Waals surface area contributed by atoms with Crippen LogP contribution < -0.4 is 0 Å². The molecule has 11 heavy (non-hydrogen) atoms. The van der Waals surface area contributed by atoms with Crippen molar-refractivity contribution in [1.82, 2.24) is 4.90 Å². The van der Waals surface area contributed by atoms with E-state index < -0.39 is 18.1 Å². The Hall–Kier alpha value is -1.26. The number of carbonyl (C=O) groups excluding carboxylic acids is 1. The highest BCUT2D eigenvalue weighted by atomic mass is 16.5. The first kappa shape index (κ1) is 9.74. The van der Waals surface area contributed by atoms with E-state index >= 15 is 0 Å². The minimum atomic E-state index is -1.15. The van der Waals surface area contributed by atoms with Gasteiger partial charge in [-0.15, -0.1) is 0 Å². The normalized spacial score (nSPS) is 11.9. The second kappa shape index (κ2) is 3.80. The number of carbonyl (C=O) groups is 2. The Morgan fingerprint density at radius 1 is 1.55 bits per heavy atom. The van der Waals surface area contributed by atoms with E-state index in [0.29, 0.717) is 0 Å². The number of amides is 1. The summed E-state index contributed by atoms with van der Waals surface area (Å²) in [6, 6.07) is -0.752. The van der Waals surface area contributed by atoms with Crippen LogP contribution in [0.15, 0.2) is 0 Å². The van der Waals surface area contributed by atoms with Gasteiger partial charge in [-0.2, -0.15) is 0 Å². The Morgan fingerprint density at radius 3 is 2.27 bits per heavy atom. The summed E-state index contributed by atoms with van der Waals surface area (Å²) < 4.78 is 4.34. The number of rotatable bonds is 2. The van der Waals surface area contributed by atoms with Crippen molar-refractivity contribution in [2.24, 2.45) is 0 Å². The first-order valence-corrected chi connectivity index (χ1v) is 3.04. The lowest BCUT2D eigenvalue weighted by Gasteiger charge is -2.18. The summed E-state index contributed by atoms with van der Waals surface area (Å²) in [5.41, 5.74) is 0. The van der Waals surface area contributed by atoms with Crippen molar-refractivity contribution in [3.05, 3.63) is 0 Å². The maximum Gasteiger partial charge on any atom is 0.407 e. The van der Waals surface area contributed by atoms with E-state index in [1.165, 1.54) is 21.1 Å². The van der Waals surface area contributed by atoms with Crippen LogP contribution in [0.3, 0.4) is 0 Å². The first-order chi connectivity index (χ1) is 5.00. The molecule has 0 aliphatic heterocycles. The van der Waals surface area contributed by atoms with Gasteiger partial charge in [0.25, 0.3) is 0 Å². The van der Waals surface area contributed by atoms with Gasteiger partial charge < -0.3 is 9.84 Å². The number of methoxy groups -OCH3 is 1. The fourth-order valence-electron chi connectivity index (χ4n) is 0.494. The van der Waals surface area contributed by atoms with Crippen molar-refractivity contribution >= 4 is 12.1 Å². The van der Waals surface area contributed by atoms with Gasteiger partial charge in [-0.25, -0.2) is 9.59 Å². The zero-order valence-electron chi connectivity index (χ0n) is 6.70. The predicted molar refractivity (Wildman–Crippen MR) is 37.3 cm³/mol. The molecule has 0 spiro atoms. The lowest BCUT2D eigenvalue weighted by atomic mass is 10.3. The molecule has 5 nitrogen and oxygen atoms in total. The lowest BCUT2D eigenvalue weighted by molar-refractivity contribution is -0.145. The topological polar surface area (TPSA) is 66.8 Å². The minimum Gasteiger partial charge on any atom is -0.467 e. The van der Waals surface area contributed by atoms with Crippen LogP contribution in [-0.2, 0) is 9.53 Å². The fourth-order valence-corrected chi connectivity index (χ4v) is 0.494. The van der Waals surface area contributed by atoms with E-state index in [9.17, 15) is 9.59 Å². The van der Waals surface area contributed by atoms with Gasteiger partial charge in [-0.3, -0.25) is 4.90 Å². The van der Waals surface area contributed by atoms with Crippen molar-refractivity contribution in [2.75, 3.05) is 14.2 Å². The fraction of sp³-hybridized carbons (Fsp3) is 0.667. The average molecular weight is 161 g/mol. The number of likely N-dealkylation sites (N-methyl/N-ethyl adjacent to an activating group) is 1. The molecule has 0 fully saturated rings. The molecule has 0 aromatic heterocycles. The monoisotopic (exact) mass is 161 g/mol. The highest BCUT2D eigenvalue weighted by Crippen LogP contribution is 1.97. The summed E-state index contributed by atoms with van der Waals surface area (Å²) in [4.78, 5) is 21.9. The van der Waals surface area contributed by atoms with E-state index in [1.807, 2.05) is 0 Å². The Balaban J connectivity index is 4.12. The molecule has 0 aromatic carbocycles. The van der Waals surface area contributed by atoms with Gasteiger partial charge in [0, 0.05) is 7.05 Å². The van der Waals surface area contributed by atoms with Crippen LogP contribution in [0.1, 0.15) is 6.92 Å². The number of carboxylic acid groups (broad SMARTS) is 1. The molecular formula is C6H11NO4. The second-order valence-corrected chi connectivity index (χ2v) is 2.09. The van der Waals surface area contributed by atoms with Crippen LogP contribution in [-0.4, -0.2) is 42.3 Å². The van der Waals surface area contributed by atoms with Crippen molar-refractivity contribution < 1.29 is 19.4 Å². The molecule has 64 valence electrons. The Labute approximate surface area is 64.6 Å². The molecule has 0 aliphatic rings. The van der Waals surface area contributed by atoms with Gasteiger partial charge in [-0.05, 0) is 6.92 Å². The zero-order chi connectivity index (χ0) is 9.02. The highest BCUT2D eigenvalue weighted by molar-refractivity contribution is 5.80. The number of esters is 1. The van der Waals surface area contributed by atoms with Gasteiger partial charge in [0.05, 0.1) is 7.11 Å². The van der Waals surface area contributed by atoms with Gasteiger partial charge in [0.2, 0.25) is 0 Å². The molecule has 0 aliphatic carbocycles. The van der Waals surface area contributed by atoms with Crippen molar-refractivity contribution in [1.29, 1.82) is 0 Å². The Kier molecular flexibility index (Phi) is 3.36. The van der Waals surface area contributed by atoms with Crippen LogP contribution >= 0.6 is 0 Å². The van der Waals surface area contributed by atoms with Gasteiger partial charge in [-0.1, -0.05) is 0 Å². The molecule has 0 unspecified atom stereocenters. The maximum atomic E-state index is 10.7. The number of nitrogens with zero attached hydrogens (tertiary/aromatic N) is 1. The van der Waals surface area contributed by atoms with E-state index in [4.69, 9.17) is 5.11 Å². The van der Waals surface area contributed by atoms with E-state index in [2.05, 4.69) is 4.74 Å². The third kappa shape index (κ3) is 2.45. The maximum absolute atomic E-state index is 10.7. The number of hydrogen-bond donors (Lipinski definition) is 1. The standard InChI is InChI=1S/C6H11NO4/c1-4(5(8)11-3)7(2)6(9)10/h4H,1-3H3,(H,9,10)/t4-/m1/s1. The van der Waals surface area contributed by atoms with Crippen LogP contribution in [0.25, 0.3) is 0 Å². The van der Waals surface area contributed by atoms with Crippen molar-refractivity contribution in [3.63, 3.8) is 0 Å². The van der Waals surface area contributed by atoms with Gasteiger partial charge >= 0.3 is 12.1 Å². The molecule has 0 saturated carbocycles. The summed E-state index contributed by atoms with van der Waals surface area (Å²) >= 11 is 0. The first-order valence-electron chi connectivity index (χ1n) is 3.04. The van der Waals surface area contributed by atoms with E-state index in [1.54, 1.807) is 0 Å². The molecule has 0 aromatic rings. The van der Waals surface area contributed by atoms with E-state index in [0.717, 1.165) is 4.90 Å². The molecule has 1 atom stereocenters. The second-order valence-electron chi connectivity index (χ2n) is 2.09. The number of ether oxygens (including phenoxy) is 1. The molecule has 0 heterocycles. The predicted octanol–water partition coefficient (Wildman–Crippen LogP) is 0.158. The summed E-state index contributed by atoms with van der Waals surface area (Å²) in [7, 11) is 2.53. The highest BCUT2D eigenvalue weighted by Gasteiger charge is 2.21. The molecule has 5 heteroatoms. The third-order valence-electron chi connectivity index (χ3n) is 1.42. The quantitative estimate of drug-likeness (QED) is 0.586. The van der Waals surface area contributed by atoms with Gasteiger partial charge in [0.15, 0.2) is 0 Å². The summed E-state index contributed by atoms with van der Waals surface area (Å²) in [5.74, 6) is -0.560. The Bertz CT molecular complexity index is 168. The van der Waals surface area contributed by atoms with Crippen molar-refractivity contribution in [3.8, 4) is 0 Å². The summed E-state index contributed by atoms with van der Waals surface area (Å²) in [6.07, 6.45) is -1.15. The van der Waals surface area contributed by atoms with Gasteiger partial charge in [0.1, 0.15) is 6.04 Å². The third-order valence-corrected chi connectivity index (χ3v) is 1.42. The number of hydrogen-bond acceptors (Lipinski definition) is 3. The molecule has 1 amide bonds. The summed E-state index contributed by atoms with van der Waals surface area (Å²) in [6.45, 7) is 1.46. The molecule has 0 radical (unpaired) electrons. The summed E-state index contributed by atoms with van der Waals surface area (Å²) in [5, 5.41) is 8.41. The SMILES string of the molecule is COC(=O)[C@@H](C)N(C)C(=O)O. The molecule has 0 rings (SSSR count). The smallest absolute Gasteiger partial charge is 0.407 e. The van der Waals surface area contributed by atoms with Crippen LogP contribution in [0.2, 0.25) is 0 Å². The lowest BCUT2D eigenvalue weighted by Crippen LogP contribution is -2.40. The molecule has 0 saturated heterocycles. The average Bonchev–Trinajstić information content (AvgIpc) is 2.00. The largest absolute Gasteiger partial charge is 0.467 e. The molecule has 0 bridgehead atoms. The van der Waals surface area contributed by atoms with Crippen LogP contribution in [0.5, 0.6) is 0 Å². The zero-order valence-corrected chi connectivity index (χ0v) is 6.70. The minimum absolute atomic E-state index is 0.560. The van der Waals surface area contributed by atoms with Crippen LogP contribution in [0, 0.1) is 0 Å². The van der Waals surface area contributed by atoms with Crippen LogP contribution in [0.4, 0.5) is 4.79 Å². The van der Waals surface area contributed by atoms with Crippen molar-refractivity contribution in [2.45, 2.75) is 13.0 Å². The molecule has 1 N–H and O–H groups in total. The van der Waals surface area contributed by atoms with E-state index in [-0.39, 0.29) is 0 Å².